The average molecular weight is 336 g/mol. The van der Waals surface area contributed by atoms with Crippen LogP contribution in [0.2, 0.25) is 0 Å². The highest BCUT2D eigenvalue weighted by Gasteiger charge is 2.35. The predicted molar refractivity (Wildman–Crippen MR) is 84.8 cm³/mol. The molecule has 1 heterocycles. The molecule has 1 aromatic carbocycles. The number of likely N-dealkylation sites (tertiary alicyclic amines) is 1. The molecule has 1 unspecified atom stereocenters. The monoisotopic (exact) mass is 335 g/mol. The van der Waals surface area contributed by atoms with E-state index in [9.17, 15) is 4.79 Å². The summed E-state index contributed by atoms with van der Waals surface area (Å²) >= 11 is 3.51. The van der Waals surface area contributed by atoms with Crippen molar-refractivity contribution in [3.05, 3.63) is 34.3 Å². The molecule has 1 aromatic rings. The fourth-order valence-electron chi connectivity index (χ4n) is 3.84. The van der Waals surface area contributed by atoms with Crippen molar-refractivity contribution in [3.63, 3.8) is 0 Å². The van der Waals surface area contributed by atoms with Gasteiger partial charge in [0, 0.05) is 17.1 Å². The van der Waals surface area contributed by atoms with Gasteiger partial charge in [-0.15, -0.1) is 0 Å². The molecular formula is C17H22BrNO. The highest BCUT2D eigenvalue weighted by molar-refractivity contribution is 9.10. The Bertz CT molecular complexity index is 482. The maximum atomic E-state index is 12.8. The zero-order valence-electron chi connectivity index (χ0n) is 11.9. The minimum Gasteiger partial charge on any atom is -0.335 e. The van der Waals surface area contributed by atoms with Gasteiger partial charge < -0.3 is 4.90 Å². The van der Waals surface area contributed by atoms with E-state index >= 15 is 0 Å². The number of nitrogens with zero attached hydrogens (tertiary/aromatic N) is 1. The highest BCUT2D eigenvalue weighted by Crippen LogP contribution is 2.35. The minimum absolute atomic E-state index is 0.213. The zero-order chi connectivity index (χ0) is 13.9. The summed E-state index contributed by atoms with van der Waals surface area (Å²) in [7, 11) is 0. The van der Waals surface area contributed by atoms with Crippen LogP contribution in [0, 0.1) is 5.92 Å². The molecule has 3 heteroatoms. The molecule has 108 valence electrons. The van der Waals surface area contributed by atoms with E-state index in [1.54, 1.807) is 0 Å². The van der Waals surface area contributed by atoms with Crippen molar-refractivity contribution >= 4 is 21.8 Å². The lowest BCUT2D eigenvalue weighted by Crippen LogP contribution is -2.40. The molecule has 20 heavy (non-hydrogen) atoms. The maximum absolute atomic E-state index is 12.8. The van der Waals surface area contributed by atoms with Crippen molar-refractivity contribution in [1.82, 2.24) is 4.90 Å². The average Bonchev–Trinajstić information content (AvgIpc) is 2.97. The van der Waals surface area contributed by atoms with E-state index < -0.39 is 0 Å². The summed E-state index contributed by atoms with van der Waals surface area (Å²) in [6, 6.07) is 8.28. The third-order valence-electron chi connectivity index (χ3n) is 4.86. The fourth-order valence-corrected chi connectivity index (χ4v) is 4.30. The second-order valence-electron chi connectivity index (χ2n) is 6.09. The first kappa shape index (κ1) is 14.1. The van der Waals surface area contributed by atoms with Gasteiger partial charge >= 0.3 is 0 Å². The summed E-state index contributed by atoms with van der Waals surface area (Å²) in [5, 5.41) is 0. The Labute approximate surface area is 129 Å². The van der Waals surface area contributed by atoms with Gasteiger partial charge in [0.15, 0.2) is 0 Å². The number of halogens is 1. The number of benzene rings is 1. The highest BCUT2D eigenvalue weighted by atomic mass is 79.9. The van der Waals surface area contributed by atoms with Crippen LogP contribution in [0.5, 0.6) is 0 Å². The van der Waals surface area contributed by atoms with E-state index in [2.05, 4.69) is 20.8 Å². The van der Waals surface area contributed by atoms with Gasteiger partial charge in [0.1, 0.15) is 0 Å². The smallest absolute Gasteiger partial charge is 0.255 e. The molecule has 2 fully saturated rings. The van der Waals surface area contributed by atoms with E-state index in [1.165, 1.54) is 38.5 Å². The van der Waals surface area contributed by atoms with E-state index in [0.717, 1.165) is 28.9 Å². The summed E-state index contributed by atoms with van der Waals surface area (Å²) < 4.78 is 0.916. The Kier molecular flexibility index (Phi) is 4.45. The van der Waals surface area contributed by atoms with Crippen molar-refractivity contribution in [1.29, 1.82) is 0 Å². The maximum Gasteiger partial charge on any atom is 0.255 e. The van der Waals surface area contributed by atoms with Crippen LogP contribution in [-0.2, 0) is 0 Å². The lowest BCUT2D eigenvalue weighted by atomic mass is 9.83. The predicted octanol–water partition coefficient (Wildman–Crippen LogP) is 4.63. The molecule has 2 nitrogen and oxygen atoms in total. The Morgan fingerprint density at radius 2 is 1.80 bits per heavy atom. The van der Waals surface area contributed by atoms with Gasteiger partial charge in [0.2, 0.25) is 0 Å². The first-order chi connectivity index (χ1) is 9.77. The first-order valence-electron chi connectivity index (χ1n) is 7.83. The molecule has 1 saturated carbocycles. The van der Waals surface area contributed by atoms with E-state index in [-0.39, 0.29) is 5.91 Å². The lowest BCUT2D eigenvalue weighted by molar-refractivity contribution is 0.0660. The van der Waals surface area contributed by atoms with Crippen LogP contribution in [0.15, 0.2) is 28.7 Å². The molecule has 0 bridgehead atoms. The second kappa shape index (κ2) is 6.30. The van der Waals surface area contributed by atoms with Gasteiger partial charge in [0.25, 0.3) is 5.91 Å². The molecule has 1 amide bonds. The topological polar surface area (TPSA) is 20.3 Å². The lowest BCUT2D eigenvalue weighted by Gasteiger charge is -2.34. The van der Waals surface area contributed by atoms with Crippen LogP contribution in [0.4, 0.5) is 0 Å². The van der Waals surface area contributed by atoms with E-state index in [1.807, 2.05) is 24.3 Å². The summed E-state index contributed by atoms with van der Waals surface area (Å²) in [5.41, 5.74) is 0.815. The van der Waals surface area contributed by atoms with Crippen LogP contribution in [0.3, 0.4) is 0 Å². The number of hydrogen-bond acceptors (Lipinski definition) is 1. The van der Waals surface area contributed by atoms with Crippen LogP contribution >= 0.6 is 15.9 Å². The third-order valence-corrected chi connectivity index (χ3v) is 5.55. The van der Waals surface area contributed by atoms with Crippen LogP contribution in [-0.4, -0.2) is 23.4 Å². The summed E-state index contributed by atoms with van der Waals surface area (Å²) in [6.07, 6.45) is 9.05. The van der Waals surface area contributed by atoms with Gasteiger partial charge in [-0.25, -0.2) is 0 Å². The summed E-state index contributed by atoms with van der Waals surface area (Å²) in [4.78, 5) is 15.0. The first-order valence-corrected chi connectivity index (χ1v) is 8.62. The molecule has 0 radical (unpaired) electrons. The molecular weight excluding hydrogens is 314 g/mol. The Morgan fingerprint density at radius 1 is 1.05 bits per heavy atom. The van der Waals surface area contributed by atoms with E-state index in [0.29, 0.717) is 6.04 Å². The zero-order valence-corrected chi connectivity index (χ0v) is 13.4. The molecule has 0 aromatic heterocycles. The van der Waals surface area contributed by atoms with E-state index in [4.69, 9.17) is 0 Å². The quantitative estimate of drug-likeness (QED) is 0.771. The summed E-state index contributed by atoms with van der Waals surface area (Å²) in [6.45, 7) is 0.932. The molecule has 1 aliphatic heterocycles. The van der Waals surface area contributed by atoms with Crippen molar-refractivity contribution in [2.24, 2.45) is 5.92 Å². The number of hydrogen-bond donors (Lipinski definition) is 0. The van der Waals surface area contributed by atoms with Gasteiger partial charge in [-0.1, -0.05) is 31.4 Å². The van der Waals surface area contributed by atoms with Crippen LogP contribution < -0.4 is 0 Å². The Hall–Kier alpha value is -0.830. The normalized spacial score (nSPS) is 24.1. The number of carbonyl (C=O) groups excluding carboxylic acids is 1. The van der Waals surface area contributed by atoms with Crippen LogP contribution in [0.25, 0.3) is 0 Å². The minimum atomic E-state index is 0.213. The van der Waals surface area contributed by atoms with Crippen molar-refractivity contribution in [3.8, 4) is 0 Å². The third kappa shape index (κ3) is 2.78. The van der Waals surface area contributed by atoms with Gasteiger partial charge in [-0.3, -0.25) is 4.79 Å². The van der Waals surface area contributed by atoms with Crippen molar-refractivity contribution < 1.29 is 4.79 Å². The number of amides is 1. The second-order valence-corrected chi connectivity index (χ2v) is 6.94. The molecule has 3 rings (SSSR count). The van der Waals surface area contributed by atoms with Gasteiger partial charge in [0.05, 0.1) is 5.56 Å². The molecule has 1 saturated heterocycles. The Balaban J connectivity index is 1.78. The molecule has 2 aliphatic rings. The Morgan fingerprint density at radius 3 is 2.55 bits per heavy atom. The van der Waals surface area contributed by atoms with Crippen molar-refractivity contribution in [2.75, 3.05) is 6.54 Å². The molecule has 1 aliphatic carbocycles. The SMILES string of the molecule is O=C(c1ccccc1Br)N1CCCC1C1CCCCC1. The van der Waals surface area contributed by atoms with Gasteiger partial charge in [-0.2, -0.15) is 0 Å². The molecule has 1 atom stereocenters. The fraction of sp³-hybridized carbons (Fsp3) is 0.588. The number of rotatable bonds is 2. The van der Waals surface area contributed by atoms with Gasteiger partial charge in [-0.05, 0) is 59.7 Å². The molecule has 0 spiro atoms. The van der Waals surface area contributed by atoms with Crippen LogP contribution in [0.1, 0.15) is 55.3 Å². The standard InChI is InChI=1S/C17H22BrNO/c18-15-10-5-4-9-14(15)17(20)19-12-6-11-16(19)13-7-2-1-3-8-13/h4-5,9-10,13,16H,1-3,6-8,11-12H2. The van der Waals surface area contributed by atoms with Crippen molar-refractivity contribution in [2.45, 2.75) is 51.0 Å². The summed E-state index contributed by atoms with van der Waals surface area (Å²) in [5.74, 6) is 0.947. The number of carbonyl (C=O) groups is 1. The molecule has 0 N–H and O–H groups in total. The largest absolute Gasteiger partial charge is 0.335 e.